The molecule has 0 saturated carbocycles. The minimum Gasteiger partial charge on any atom is -0.478 e. The fraction of sp³-hybridized carbons (Fsp3) is 0. The molecular weight excluding hydrogens is 322 g/mol. The van der Waals surface area contributed by atoms with Crippen LogP contribution in [-0.4, -0.2) is 22.8 Å². The van der Waals surface area contributed by atoms with E-state index in [-0.39, 0.29) is 28.6 Å². The Morgan fingerprint density at radius 3 is 2.16 bits per heavy atom. The number of carboxylic acids is 1. The lowest BCUT2D eigenvalue weighted by molar-refractivity contribution is 0.0698. The normalized spacial score (nSPS) is 10.2. The van der Waals surface area contributed by atoms with E-state index in [1.165, 1.54) is 24.3 Å². The highest BCUT2D eigenvalue weighted by Gasteiger charge is 2.18. The average molecular weight is 335 g/mol. The van der Waals surface area contributed by atoms with Crippen molar-refractivity contribution >= 4 is 23.3 Å². The molecule has 0 atom stereocenters. The summed E-state index contributed by atoms with van der Waals surface area (Å²) in [5.41, 5.74) is 0.551. The van der Waals surface area contributed by atoms with Crippen molar-refractivity contribution in [1.82, 2.24) is 0 Å². The van der Waals surface area contributed by atoms with Crippen LogP contribution in [-0.2, 0) is 0 Å². The zero-order valence-corrected chi connectivity index (χ0v) is 12.9. The first-order valence-electron chi connectivity index (χ1n) is 7.39. The number of carboxylic acid groups (broad SMARTS) is 1. The molecule has 1 heterocycles. The molecule has 2 aromatic carbocycles. The van der Waals surface area contributed by atoms with Crippen molar-refractivity contribution in [2.24, 2.45) is 0 Å². The second-order valence-electron chi connectivity index (χ2n) is 5.16. The topological polar surface area (TPSA) is 96.6 Å². The molecule has 6 nitrogen and oxygen atoms in total. The van der Waals surface area contributed by atoms with Gasteiger partial charge in [0, 0.05) is 5.56 Å². The summed E-state index contributed by atoms with van der Waals surface area (Å²) in [6.45, 7) is 0. The molecule has 0 fully saturated rings. The molecule has 0 unspecified atom stereocenters. The molecule has 3 rings (SSSR count). The van der Waals surface area contributed by atoms with E-state index in [9.17, 15) is 14.4 Å². The van der Waals surface area contributed by atoms with Crippen LogP contribution in [0, 0.1) is 0 Å². The van der Waals surface area contributed by atoms with Crippen molar-refractivity contribution in [3.8, 4) is 0 Å². The number of ketones is 1. The van der Waals surface area contributed by atoms with E-state index in [0.29, 0.717) is 5.56 Å². The van der Waals surface area contributed by atoms with Crippen LogP contribution in [0.2, 0.25) is 0 Å². The molecule has 124 valence electrons. The largest absolute Gasteiger partial charge is 0.478 e. The maximum absolute atomic E-state index is 12.3. The maximum Gasteiger partial charge on any atom is 0.337 e. The van der Waals surface area contributed by atoms with Crippen LogP contribution in [0.4, 0.5) is 5.69 Å². The van der Waals surface area contributed by atoms with E-state index in [4.69, 9.17) is 9.52 Å². The number of rotatable bonds is 5. The Balaban J connectivity index is 1.80. The second-order valence-corrected chi connectivity index (χ2v) is 5.16. The summed E-state index contributed by atoms with van der Waals surface area (Å²) in [7, 11) is 0. The van der Waals surface area contributed by atoms with Crippen LogP contribution in [0.3, 0.4) is 0 Å². The number of hydrogen-bond donors (Lipinski definition) is 2. The van der Waals surface area contributed by atoms with Gasteiger partial charge in [0.15, 0.2) is 11.5 Å². The fourth-order valence-corrected chi connectivity index (χ4v) is 2.28. The molecule has 0 spiro atoms. The van der Waals surface area contributed by atoms with Crippen LogP contribution in [0.5, 0.6) is 0 Å². The average Bonchev–Trinajstić information content (AvgIpc) is 3.12. The lowest BCUT2D eigenvalue weighted by atomic mass is 10.1. The lowest BCUT2D eigenvalue weighted by Crippen LogP contribution is -2.14. The van der Waals surface area contributed by atoms with Crippen molar-refractivity contribution in [2.45, 2.75) is 0 Å². The van der Waals surface area contributed by atoms with Crippen molar-refractivity contribution in [2.75, 3.05) is 5.32 Å². The summed E-state index contributed by atoms with van der Waals surface area (Å²) in [4.78, 5) is 35.7. The number of carbonyl (C=O) groups is 3. The number of para-hydroxylation sites is 1. The van der Waals surface area contributed by atoms with Gasteiger partial charge in [0.2, 0.25) is 5.78 Å². The number of aromatic carboxylic acids is 1. The van der Waals surface area contributed by atoms with Crippen molar-refractivity contribution in [3.05, 3.63) is 89.4 Å². The molecule has 1 aromatic heterocycles. The predicted molar refractivity (Wildman–Crippen MR) is 89.9 cm³/mol. The monoisotopic (exact) mass is 335 g/mol. The molecule has 0 bridgehead atoms. The van der Waals surface area contributed by atoms with Crippen LogP contribution in [0.1, 0.15) is 37.0 Å². The molecule has 0 radical (unpaired) electrons. The van der Waals surface area contributed by atoms with Gasteiger partial charge in [0.05, 0.1) is 11.3 Å². The summed E-state index contributed by atoms with van der Waals surface area (Å²) < 4.78 is 5.33. The van der Waals surface area contributed by atoms with Gasteiger partial charge in [-0.25, -0.2) is 4.79 Å². The van der Waals surface area contributed by atoms with Crippen molar-refractivity contribution < 1.29 is 23.9 Å². The van der Waals surface area contributed by atoms with Gasteiger partial charge < -0.3 is 14.8 Å². The molecule has 0 aliphatic heterocycles. The smallest absolute Gasteiger partial charge is 0.337 e. The summed E-state index contributed by atoms with van der Waals surface area (Å²) in [5, 5.41) is 11.6. The van der Waals surface area contributed by atoms with Crippen LogP contribution < -0.4 is 5.32 Å². The molecule has 0 aliphatic rings. The molecule has 0 saturated heterocycles. The molecule has 6 heteroatoms. The molecule has 3 aromatic rings. The van der Waals surface area contributed by atoms with Gasteiger partial charge in [-0.1, -0.05) is 42.5 Å². The predicted octanol–water partition coefficient (Wildman–Crippen LogP) is 3.46. The van der Waals surface area contributed by atoms with Crippen LogP contribution >= 0.6 is 0 Å². The van der Waals surface area contributed by atoms with Gasteiger partial charge in [0.25, 0.3) is 5.91 Å². The Morgan fingerprint density at radius 1 is 0.800 bits per heavy atom. The number of benzene rings is 2. The van der Waals surface area contributed by atoms with Gasteiger partial charge >= 0.3 is 5.97 Å². The number of nitrogens with one attached hydrogen (secondary N) is 1. The zero-order chi connectivity index (χ0) is 17.8. The highest BCUT2D eigenvalue weighted by Crippen LogP contribution is 2.18. The number of hydrogen-bond acceptors (Lipinski definition) is 4. The Kier molecular flexibility index (Phi) is 4.43. The van der Waals surface area contributed by atoms with Gasteiger partial charge in [-0.05, 0) is 24.3 Å². The van der Waals surface area contributed by atoms with Crippen molar-refractivity contribution in [3.63, 3.8) is 0 Å². The Hall–Kier alpha value is -3.67. The number of anilines is 1. The molecule has 25 heavy (non-hydrogen) atoms. The highest BCUT2D eigenvalue weighted by molar-refractivity contribution is 6.09. The summed E-state index contributed by atoms with van der Waals surface area (Å²) in [6.07, 6.45) is 0. The van der Waals surface area contributed by atoms with E-state index in [1.54, 1.807) is 42.5 Å². The first kappa shape index (κ1) is 16.2. The summed E-state index contributed by atoms with van der Waals surface area (Å²) in [5.74, 6) is -2.19. The third-order valence-corrected chi connectivity index (χ3v) is 3.50. The van der Waals surface area contributed by atoms with E-state index in [2.05, 4.69) is 5.32 Å². The number of carbonyl (C=O) groups excluding carboxylic acids is 2. The zero-order valence-electron chi connectivity index (χ0n) is 12.9. The molecule has 0 aliphatic carbocycles. The maximum atomic E-state index is 12.3. The number of furan rings is 1. The highest BCUT2D eigenvalue weighted by atomic mass is 16.4. The molecule has 2 N–H and O–H groups in total. The minimum absolute atomic E-state index is 0.0304. The van der Waals surface area contributed by atoms with E-state index < -0.39 is 11.9 Å². The quantitative estimate of drug-likeness (QED) is 0.696. The fourth-order valence-electron chi connectivity index (χ4n) is 2.28. The minimum atomic E-state index is -1.16. The van der Waals surface area contributed by atoms with Gasteiger partial charge in [0.1, 0.15) is 0 Å². The third-order valence-electron chi connectivity index (χ3n) is 3.50. The Bertz CT molecular complexity index is 943. The Morgan fingerprint density at radius 2 is 1.44 bits per heavy atom. The third kappa shape index (κ3) is 3.48. The molecular formula is C19H13NO5. The lowest BCUT2D eigenvalue weighted by Gasteiger charge is -2.06. The standard InChI is InChI=1S/C19H13NO5/c21-17(12-6-2-1-3-7-12)15-10-11-16(25-15)18(22)20-14-9-5-4-8-13(14)19(23)24/h1-11H,(H,20,22)(H,23,24). The first-order chi connectivity index (χ1) is 12.1. The van der Waals surface area contributed by atoms with Crippen LogP contribution in [0.25, 0.3) is 0 Å². The first-order valence-corrected chi connectivity index (χ1v) is 7.39. The SMILES string of the molecule is O=C(Nc1ccccc1C(=O)O)c1ccc(C(=O)c2ccccc2)o1. The van der Waals surface area contributed by atoms with Gasteiger partial charge in [-0.15, -0.1) is 0 Å². The van der Waals surface area contributed by atoms with E-state index in [0.717, 1.165) is 0 Å². The summed E-state index contributed by atoms with van der Waals surface area (Å²) in [6, 6.07) is 17.3. The molecule has 1 amide bonds. The van der Waals surface area contributed by atoms with E-state index in [1.807, 2.05) is 0 Å². The second kappa shape index (κ2) is 6.84. The summed E-state index contributed by atoms with van der Waals surface area (Å²) >= 11 is 0. The van der Waals surface area contributed by atoms with Crippen molar-refractivity contribution in [1.29, 1.82) is 0 Å². The van der Waals surface area contributed by atoms with Crippen LogP contribution in [0.15, 0.2) is 71.1 Å². The van der Waals surface area contributed by atoms with Gasteiger partial charge in [-0.3, -0.25) is 9.59 Å². The van der Waals surface area contributed by atoms with E-state index >= 15 is 0 Å². The Labute approximate surface area is 142 Å². The number of amides is 1. The van der Waals surface area contributed by atoms with Gasteiger partial charge in [-0.2, -0.15) is 0 Å².